The largest absolute Gasteiger partial charge is 0.237 e. The molecule has 0 aliphatic rings. The van der Waals surface area contributed by atoms with E-state index in [1.54, 1.807) is 27.7 Å². The lowest BCUT2D eigenvalue weighted by Gasteiger charge is -1.93. The molecule has 0 unspecified atom stereocenters. The van der Waals surface area contributed by atoms with Crippen molar-refractivity contribution in [2.24, 2.45) is 0 Å². The summed E-state index contributed by atoms with van der Waals surface area (Å²) in [5.74, 6) is 0.554. The molecule has 0 N–H and O–H groups in total. The maximum absolute atomic E-state index is 9.16. The smallest absolute Gasteiger partial charge is 0.194 e. The number of hydrogen-bond acceptors (Lipinski definition) is 3. The highest BCUT2D eigenvalue weighted by atomic mass is 15.4. The molecule has 0 bridgehead atoms. The Balaban J connectivity index is 2.38. The fourth-order valence-corrected chi connectivity index (χ4v) is 1.65. The quantitative estimate of drug-likeness (QED) is 0.608. The average molecular weight is 209 g/mol. The minimum absolute atomic E-state index is 0.532. The van der Waals surface area contributed by atoms with Crippen molar-refractivity contribution >= 4 is 5.52 Å². The molecule has 3 rings (SSSR count). The van der Waals surface area contributed by atoms with Crippen molar-refractivity contribution in [3.05, 3.63) is 48.4 Å². The van der Waals surface area contributed by atoms with E-state index in [0.717, 1.165) is 5.52 Å². The Bertz CT molecular complexity index is 672. The van der Waals surface area contributed by atoms with Crippen LogP contribution in [0, 0.1) is 11.3 Å². The molecule has 3 aromatic heterocycles. The molecule has 0 saturated carbocycles. The summed E-state index contributed by atoms with van der Waals surface area (Å²) < 4.78 is 3.26. The molecule has 3 heterocycles. The van der Waals surface area contributed by atoms with Gasteiger partial charge < -0.3 is 0 Å². The van der Waals surface area contributed by atoms with Gasteiger partial charge in [-0.25, -0.2) is 9.20 Å². The second-order valence-electron chi connectivity index (χ2n) is 3.29. The number of pyridine rings is 1. The summed E-state index contributed by atoms with van der Waals surface area (Å²) in [6, 6.07) is 9.57. The fraction of sp³-hybridized carbons (Fsp3) is 0. The number of fused-ring (bicyclic) bond motifs is 1. The lowest BCUT2D eigenvalue weighted by molar-refractivity contribution is 0.813. The minimum atomic E-state index is 0.532. The molecule has 16 heavy (non-hydrogen) atoms. The van der Waals surface area contributed by atoms with E-state index in [1.807, 2.05) is 24.4 Å². The van der Waals surface area contributed by atoms with Crippen LogP contribution in [0.4, 0.5) is 0 Å². The summed E-state index contributed by atoms with van der Waals surface area (Å²) in [6.07, 6.45) is 5.23. The topological polar surface area (TPSA) is 58.9 Å². The first-order chi connectivity index (χ1) is 7.90. The normalized spacial score (nSPS) is 10.4. The Labute approximate surface area is 91.2 Å². The fourth-order valence-electron chi connectivity index (χ4n) is 1.65. The average Bonchev–Trinajstić information content (AvgIpc) is 2.95. The van der Waals surface area contributed by atoms with Crippen LogP contribution in [-0.4, -0.2) is 19.4 Å². The number of nitriles is 1. The Morgan fingerprint density at radius 2 is 2.12 bits per heavy atom. The summed E-state index contributed by atoms with van der Waals surface area (Å²) in [5, 5.41) is 17.6. The SMILES string of the molecule is N#Cc1c(-n2cccn2)nn2ccccc12. The van der Waals surface area contributed by atoms with Crippen LogP contribution in [0.2, 0.25) is 0 Å². The first-order valence-corrected chi connectivity index (χ1v) is 4.77. The zero-order valence-corrected chi connectivity index (χ0v) is 8.28. The van der Waals surface area contributed by atoms with Crippen molar-refractivity contribution in [3.63, 3.8) is 0 Å². The third kappa shape index (κ3) is 1.10. The number of rotatable bonds is 1. The van der Waals surface area contributed by atoms with Gasteiger partial charge in [0.25, 0.3) is 0 Å². The lowest BCUT2D eigenvalue weighted by Crippen LogP contribution is -1.97. The highest BCUT2D eigenvalue weighted by molar-refractivity contribution is 5.66. The van der Waals surface area contributed by atoms with E-state index in [2.05, 4.69) is 16.3 Å². The van der Waals surface area contributed by atoms with Crippen molar-refractivity contribution in [3.8, 4) is 11.9 Å². The van der Waals surface area contributed by atoms with Gasteiger partial charge in [-0.05, 0) is 18.2 Å². The monoisotopic (exact) mass is 209 g/mol. The molecular weight excluding hydrogens is 202 g/mol. The Kier molecular flexibility index (Phi) is 1.74. The third-order valence-electron chi connectivity index (χ3n) is 2.35. The molecule has 0 saturated heterocycles. The van der Waals surface area contributed by atoms with Crippen LogP contribution in [0.3, 0.4) is 0 Å². The number of nitrogens with zero attached hydrogens (tertiary/aromatic N) is 5. The van der Waals surface area contributed by atoms with Crippen LogP contribution in [0.25, 0.3) is 11.3 Å². The molecule has 0 spiro atoms. The van der Waals surface area contributed by atoms with Crippen molar-refractivity contribution in [2.75, 3.05) is 0 Å². The van der Waals surface area contributed by atoms with Crippen molar-refractivity contribution in [1.29, 1.82) is 5.26 Å². The van der Waals surface area contributed by atoms with Crippen LogP contribution < -0.4 is 0 Å². The predicted molar refractivity (Wildman–Crippen MR) is 57.0 cm³/mol. The van der Waals surface area contributed by atoms with Crippen molar-refractivity contribution in [1.82, 2.24) is 19.4 Å². The molecule has 0 aliphatic carbocycles. The summed E-state index contributed by atoms with van der Waals surface area (Å²) in [6.45, 7) is 0. The summed E-state index contributed by atoms with van der Waals surface area (Å²) >= 11 is 0. The van der Waals surface area contributed by atoms with Gasteiger partial charge in [0.05, 0.1) is 5.52 Å². The first kappa shape index (κ1) is 8.68. The summed E-state index contributed by atoms with van der Waals surface area (Å²) in [5.41, 5.74) is 1.32. The number of hydrogen-bond donors (Lipinski definition) is 0. The zero-order valence-electron chi connectivity index (χ0n) is 8.28. The molecule has 0 atom stereocenters. The maximum Gasteiger partial charge on any atom is 0.194 e. The Hall–Kier alpha value is -2.61. The molecule has 5 nitrogen and oxygen atoms in total. The van der Waals surface area contributed by atoms with Gasteiger partial charge in [0, 0.05) is 18.6 Å². The van der Waals surface area contributed by atoms with Crippen LogP contribution in [0.1, 0.15) is 5.56 Å². The van der Waals surface area contributed by atoms with Gasteiger partial charge in [0.2, 0.25) is 0 Å². The first-order valence-electron chi connectivity index (χ1n) is 4.77. The molecule has 0 amide bonds. The van der Waals surface area contributed by atoms with Gasteiger partial charge in [-0.1, -0.05) is 6.07 Å². The predicted octanol–water partition coefficient (Wildman–Crippen LogP) is 1.39. The highest BCUT2D eigenvalue weighted by Crippen LogP contribution is 2.17. The molecular formula is C11H7N5. The number of aromatic nitrogens is 4. The van der Waals surface area contributed by atoms with Gasteiger partial charge >= 0.3 is 0 Å². The minimum Gasteiger partial charge on any atom is -0.237 e. The molecule has 0 radical (unpaired) electrons. The molecule has 76 valence electrons. The third-order valence-corrected chi connectivity index (χ3v) is 2.35. The molecule has 0 aromatic carbocycles. The second kappa shape index (κ2) is 3.21. The van der Waals surface area contributed by atoms with E-state index in [9.17, 15) is 0 Å². The lowest BCUT2D eigenvalue weighted by atomic mass is 10.2. The maximum atomic E-state index is 9.16. The van der Waals surface area contributed by atoms with Gasteiger partial charge in [-0.2, -0.15) is 10.4 Å². The van der Waals surface area contributed by atoms with E-state index in [0.29, 0.717) is 11.4 Å². The van der Waals surface area contributed by atoms with E-state index >= 15 is 0 Å². The van der Waals surface area contributed by atoms with Crippen LogP contribution in [0.5, 0.6) is 0 Å². The van der Waals surface area contributed by atoms with E-state index in [-0.39, 0.29) is 0 Å². The summed E-state index contributed by atoms with van der Waals surface area (Å²) in [7, 11) is 0. The Morgan fingerprint density at radius 1 is 1.19 bits per heavy atom. The zero-order chi connectivity index (χ0) is 11.0. The van der Waals surface area contributed by atoms with E-state index in [4.69, 9.17) is 5.26 Å². The van der Waals surface area contributed by atoms with E-state index < -0.39 is 0 Å². The van der Waals surface area contributed by atoms with Crippen LogP contribution in [-0.2, 0) is 0 Å². The second-order valence-corrected chi connectivity index (χ2v) is 3.29. The molecule has 3 aromatic rings. The van der Waals surface area contributed by atoms with Gasteiger partial charge in [0.15, 0.2) is 5.82 Å². The highest BCUT2D eigenvalue weighted by Gasteiger charge is 2.13. The molecule has 5 heteroatoms. The van der Waals surface area contributed by atoms with Crippen LogP contribution in [0.15, 0.2) is 42.9 Å². The van der Waals surface area contributed by atoms with Crippen LogP contribution >= 0.6 is 0 Å². The standard InChI is InChI=1S/C11H7N5/c12-8-9-10-4-1-2-6-15(10)14-11(9)16-7-3-5-13-16/h1-7H. The van der Waals surface area contributed by atoms with Gasteiger partial charge in [-0.3, -0.25) is 0 Å². The molecule has 0 aliphatic heterocycles. The van der Waals surface area contributed by atoms with Gasteiger partial charge in [0.1, 0.15) is 11.6 Å². The molecule has 0 fully saturated rings. The Morgan fingerprint density at radius 3 is 2.88 bits per heavy atom. The van der Waals surface area contributed by atoms with Crippen molar-refractivity contribution in [2.45, 2.75) is 0 Å². The van der Waals surface area contributed by atoms with Crippen molar-refractivity contribution < 1.29 is 0 Å². The van der Waals surface area contributed by atoms with E-state index in [1.165, 1.54) is 0 Å². The summed E-state index contributed by atoms with van der Waals surface area (Å²) in [4.78, 5) is 0. The van der Waals surface area contributed by atoms with Gasteiger partial charge in [-0.15, -0.1) is 5.10 Å².